The van der Waals surface area contributed by atoms with Gasteiger partial charge in [-0.05, 0) is 41.3 Å². The van der Waals surface area contributed by atoms with Crippen LogP contribution in [0.3, 0.4) is 0 Å². The van der Waals surface area contributed by atoms with Gasteiger partial charge >= 0.3 is 0 Å². The molecule has 5 heteroatoms. The van der Waals surface area contributed by atoms with Gasteiger partial charge in [-0.1, -0.05) is 39.0 Å². The Kier molecular flexibility index (Phi) is 4.85. The van der Waals surface area contributed by atoms with E-state index in [1.807, 2.05) is 30.3 Å². The van der Waals surface area contributed by atoms with E-state index in [1.165, 1.54) is 11.9 Å². The van der Waals surface area contributed by atoms with Gasteiger partial charge in [0, 0.05) is 17.4 Å². The summed E-state index contributed by atoms with van der Waals surface area (Å²) in [5.41, 5.74) is 3.78. The van der Waals surface area contributed by atoms with Crippen molar-refractivity contribution in [1.29, 1.82) is 5.26 Å². The molecule has 0 fully saturated rings. The van der Waals surface area contributed by atoms with Gasteiger partial charge in [-0.25, -0.2) is 9.97 Å². The van der Waals surface area contributed by atoms with Crippen molar-refractivity contribution in [2.75, 3.05) is 10.6 Å². The summed E-state index contributed by atoms with van der Waals surface area (Å²) in [5, 5.41) is 15.5. The Labute approximate surface area is 153 Å². The number of anilines is 4. The molecule has 0 amide bonds. The molecule has 26 heavy (non-hydrogen) atoms. The van der Waals surface area contributed by atoms with Crippen molar-refractivity contribution >= 4 is 23.0 Å². The van der Waals surface area contributed by atoms with Crippen molar-refractivity contribution in [1.82, 2.24) is 9.97 Å². The second-order valence-electron chi connectivity index (χ2n) is 7.06. The van der Waals surface area contributed by atoms with Crippen LogP contribution < -0.4 is 10.6 Å². The summed E-state index contributed by atoms with van der Waals surface area (Å²) in [5.74, 6) is 1.35. The van der Waals surface area contributed by atoms with Crippen LogP contribution in [-0.2, 0) is 5.41 Å². The Morgan fingerprint density at radius 3 is 2.12 bits per heavy atom. The molecule has 3 rings (SSSR count). The smallest absolute Gasteiger partial charge is 0.135 e. The molecule has 2 aromatic carbocycles. The Morgan fingerprint density at radius 2 is 1.50 bits per heavy atom. The van der Waals surface area contributed by atoms with E-state index in [2.05, 4.69) is 59.6 Å². The molecular weight excluding hydrogens is 322 g/mol. The molecule has 5 nitrogen and oxygen atoms in total. The maximum Gasteiger partial charge on any atom is 0.135 e. The van der Waals surface area contributed by atoms with Crippen molar-refractivity contribution in [2.24, 2.45) is 0 Å². The van der Waals surface area contributed by atoms with Crippen molar-refractivity contribution in [3.63, 3.8) is 0 Å². The third-order valence-electron chi connectivity index (χ3n) is 3.95. The molecular formula is C21H21N5. The molecule has 1 heterocycles. The van der Waals surface area contributed by atoms with Gasteiger partial charge in [-0.3, -0.25) is 0 Å². The highest BCUT2D eigenvalue weighted by Crippen LogP contribution is 2.25. The van der Waals surface area contributed by atoms with Crippen LogP contribution in [0.2, 0.25) is 0 Å². The first-order valence-corrected chi connectivity index (χ1v) is 8.41. The number of nitrogens with zero attached hydrogens (tertiary/aromatic N) is 3. The van der Waals surface area contributed by atoms with Gasteiger partial charge in [0.1, 0.15) is 18.0 Å². The Morgan fingerprint density at radius 1 is 0.846 bits per heavy atom. The average Bonchev–Trinajstić information content (AvgIpc) is 2.62. The summed E-state index contributed by atoms with van der Waals surface area (Å²) in [6.07, 6.45) is 1.50. The lowest BCUT2D eigenvalue weighted by molar-refractivity contribution is 0.590. The molecule has 2 N–H and O–H groups in total. The number of hydrogen-bond acceptors (Lipinski definition) is 5. The molecule has 0 aliphatic carbocycles. The summed E-state index contributed by atoms with van der Waals surface area (Å²) in [6, 6.07) is 19.6. The zero-order chi connectivity index (χ0) is 18.6. The van der Waals surface area contributed by atoms with Gasteiger partial charge in [-0.15, -0.1) is 0 Å². The minimum Gasteiger partial charge on any atom is -0.340 e. The van der Waals surface area contributed by atoms with Gasteiger partial charge in [0.05, 0.1) is 11.6 Å². The van der Waals surface area contributed by atoms with E-state index in [-0.39, 0.29) is 5.41 Å². The molecule has 0 bridgehead atoms. The SMILES string of the molecule is CC(C)(C)c1ccc(Nc2cc(Nc3cccc(C#N)c3)ncn2)cc1. The van der Waals surface area contributed by atoms with E-state index >= 15 is 0 Å². The number of nitriles is 1. The van der Waals surface area contributed by atoms with E-state index in [0.717, 1.165) is 11.4 Å². The molecule has 0 spiro atoms. The third kappa shape index (κ3) is 4.37. The highest BCUT2D eigenvalue weighted by Gasteiger charge is 2.12. The van der Waals surface area contributed by atoms with Gasteiger partial charge in [0.15, 0.2) is 0 Å². The number of aromatic nitrogens is 2. The van der Waals surface area contributed by atoms with Crippen LogP contribution in [0.1, 0.15) is 31.9 Å². The first-order chi connectivity index (χ1) is 12.4. The number of benzene rings is 2. The van der Waals surface area contributed by atoms with Crippen LogP contribution in [-0.4, -0.2) is 9.97 Å². The zero-order valence-corrected chi connectivity index (χ0v) is 15.1. The summed E-state index contributed by atoms with van der Waals surface area (Å²) in [6.45, 7) is 6.58. The van der Waals surface area contributed by atoms with E-state index in [1.54, 1.807) is 12.1 Å². The highest BCUT2D eigenvalue weighted by atomic mass is 15.1. The minimum absolute atomic E-state index is 0.127. The fraction of sp³-hybridized carbons (Fsp3) is 0.190. The normalized spacial score (nSPS) is 10.8. The lowest BCUT2D eigenvalue weighted by Gasteiger charge is -2.19. The maximum atomic E-state index is 8.99. The van der Waals surface area contributed by atoms with E-state index in [0.29, 0.717) is 17.2 Å². The van der Waals surface area contributed by atoms with E-state index < -0.39 is 0 Å². The largest absolute Gasteiger partial charge is 0.340 e. The van der Waals surface area contributed by atoms with Crippen LogP contribution in [0, 0.1) is 11.3 Å². The van der Waals surface area contributed by atoms with Gasteiger partial charge in [0.2, 0.25) is 0 Å². The molecule has 0 saturated carbocycles. The van der Waals surface area contributed by atoms with E-state index in [9.17, 15) is 0 Å². The predicted molar refractivity (Wildman–Crippen MR) is 105 cm³/mol. The molecule has 0 saturated heterocycles. The summed E-state index contributed by atoms with van der Waals surface area (Å²) in [4.78, 5) is 8.50. The molecule has 0 radical (unpaired) electrons. The lowest BCUT2D eigenvalue weighted by Crippen LogP contribution is -2.10. The number of hydrogen-bond donors (Lipinski definition) is 2. The predicted octanol–water partition coefficient (Wildman–Crippen LogP) is 5.13. The quantitative estimate of drug-likeness (QED) is 0.687. The Balaban J connectivity index is 1.74. The summed E-state index contributed by atoms with van der Waals surface area (Å²) < 4.78 is 0. The molecule has 0 atom stereocenters. The van der Waals surface area contributed by atoms with E-state index in [4.69, 9.17) is 5.26 Å². The molecule has 130 valence electrons. The molecule has 3 aromatic rings. The first kappa shape index (κ1) is 17.4. The van der Waals surface area contributed by atoms with Crippen molar-refractivity contribution in [3.05, 3.63) is 72.1 Å². The van der Waals surface area contributed by atoms with Gasteiger partial charge in [0.25, 0.3) is 0 Å². The molecule has 0 aliphatic heterocycles. The molecule has 0 unspecified atom stereocenters. The fourth-order valence-electron chi connectivity index (χ4n) is 2.51. The average molecular weight is 343 g/mol. The number of rotatable bonds is 4. The standard InChI is InChI=1S/C21H21N5/c1-21(2,3)16-7-9-17(10-8-16)25-19-12-20(24-14-23-19)26-18-6-4-5-15(11-18)13-22/h4-12,14H,1-3H3,(H2,23,24,25,26). The molecule has 0 aliphatic rings. The Bertz CT molecular complexity index is 934. The first-order valence-electron chi connectivity index (χ1n) is 8.41. The lowest BCUT2D eigenvalue weighted by atomic mass is 9.87. The van der Waals surface area contributed by atoms with Crippen LogP contribution in [0.25, 0.3) is 0 Å². The minimum atomic E-state index is 0.127. The van der Waals surface area contributed by atoms with Gasteiger partial charge < -0.3 is 10.6 Å². The Hall–Kier alpha value is -3.39. The van der Waals surface area contributed by atoms with Crippen molar-refractivity contribution in [2.45, 2.75) is 26.2 Å². The fourth-order valence-corrected chi connectivity index (χ4v) is 2.51. The van der Waals surface area contributed by atoms with Crippen LogP contribution in [0.15, 0.2) is 60.9 Å². The second kappa shape index (κ2) is 7.24. The maximum absolute atomic E-state index is 8.99. The van der Waals surface area contributed by atoms with Crippen LogP contribution >= 0.6 is 0 Å². The highest BCUT2D eigenvalue weighted by molar-refractivity contribution is 5.63. The number of nitrogens with one attached hydrogen (secondary N) is 2. The summed E-state index contributed by atoms with van der Waals surface area (Å²) >= 11 is 0. The van der Waals surface area contributed by atoms with Crippen LogP contribution in [0.5, 0.6) is 0 Å². The second-order valence-corrected chi connectivity index (χ2v) is 7.06. The third-order valence-corrected chi connectivity index (χ3v) is 3.95. The van der Waals surface area contributed by atoms with Crippen molar-refractivity contribution < 1.29 is 0 Å². The monoisotopic (exact) mass is 343 g/mol. The van der Waals surface area contributed by atoms with Crippen LogP contribution in [0.4, 0.5) is 23.0 Å². The zero-order valence-electron chi connectivity index (χ0n) is 15.1. The summed E-state index contributed by atoms with van der Waals surface area (Å²) in [7, 11) is 0. The van der Waals surface area contributed by atoms with Gasteiger partial charge in [-0.2, -0.15) is 5.26 Å². The topological polar surface area (TPSA) is 73.6 Å². The van der Waals surface area contributed by atoms with Crippen molar-refractivity contribution in [3.8, 4) is 6.07 Å². The molecule has 1 aromatic heterocycles.